The van der Waals surface area contributed by atoms with Gasteiger partial charge in [0, 0.05) is 23.3 Å². The number of aromatic amines is 1. The van der Waals surface area contributed by atoms with Crippen molar-refractivity contribution in [2.75, 3.05) is 7.11 Å². The van der Waals surface area contributed by atoms with Crippen molar-refractivity contribution in [1.29, 1.82) is 0 Å². The highest BCUT2D eigenvalue weighted by Crippen LogP contribution is 2.21. The molecule has 0 amide bonds. The molecule has 0 aliphatic heterocycles. The topological polar surface area (TPSA) is 98.3 Å². The van der Waals surface area contributed by atoms with E-state index in [0.717, 1.165) is 11.3 Å². The van der Waals surface area contributed by atoms with Gasteiger partial charge in [-0.25, -0.2) is 5.10 Å². The number of H-pyrrole nitrogens is 1. The van der Waals surface area contributed by atoms with Gasteiger partial charge in [0.15, 0.2) is 5.82 Å². The molecule has 1 N–H and O–H groups in total. The van der Waals surface area contributed by atoms with Gasteiger partial charge in [0.2, 0.25) is 4.77 Å². The normalized spacial score (nSPS) is 10.9. The van der Waals surface area contributed by atoms with Crippen LogP contribution in [0.2, 0.25) is 0 Å². The number of aromatic nitrogens is 3. The maximum Gasteiger partial charge on any atom is 0.270 e. The molecule has 0 saturated heterocycles. The van der Waals surface area contributed by atoms with Crippen LogP contribution in [0.1, 0.15) is 5.56 Å². The van der Waals surface area contributed by atoms with Crippen LogP contribution in [-0.2, 0) is 0 Å². The minimum Gasteiger partial charge on any atom is -0.497 e. The van der Waals surface area contributed by atoms with Crippen molar-refractivity contribution in [2.24, 2.45) is 5.10 Å². The summed E-state index contributed by atoms with van der Waals surface area (Å²) in [5.41, 5.74) is 1.37. The van der Waals surface area contributed by atoms with Gasteiger partial charge < -0.3 is 4.74 Å². The first-order chi connectivity index (χ1) is 12.1. The highest BCUT2D eigenvalue weighted by molar-refractivity contribution is 7.71. The van der Waals surface area contributed by atoms with E-state index in [1.54, 1.807) is 19.2 Å². The molecule has 1 aromatic heterocycles. The third-order valence-electron chi connectivity index (χ3n) is 3.40. The van der Waals surface area contributed by atoms with E-state index < -0.39 is 4.92 Å². The number of ether oxygens (including phenoxy) is 1. The Bertz CT molecular complexity index is 992. The Labute approximate surface area is 147 Å². The van der Waals surface area contributed by atoms with E-state index >= 15 is 0 Å². The average Bonchev–Trinajstić information content (AvgIpc) is 3.01. The van der Waals surface area contributed by atoms with Crippen LogP contribution in [-0.4, -0.2) is 33.1 Å². The number of methoxy groups -OCH3 is 1. The first-order valence-corrected chi connectivity index (χ1v) is 7.60. The van der Waals surface area contributed by atoms with Crippen LogP contribution in [0.15, 0.2) is 53.6 Å². The van der Waals surface area contributed by atoms with Crippen LogP contribution >= 0.6 is 12.2 Å². The van der Waals surface area contributed by atoms with Crippen LogP contribution in [0.4, 0.5) is 5.69 Å². The molecule has 0 fully saturated rings. The number of non-ortho nitro benzene ring substituents is 1. The predicted octanol–water partition coefficient (Wildman–Crippen LogP) is 3.41. The Balaban J connectivity index is 1.95. The Hall–Kier alpha value is -3.33. The van der Waals surface area contributed by atoms with Gasteiger partial charge in [-0.05, 0) is 36.5 Å². The van der Waals surface area contributed by atoms with E-state index in [2.05, 4.69) is 15.3 Å². The maximum atomic E-state index is 10.8. The summed E-state index contributed by atoms with van der Waals surface area (Å²) in [4.78, 5) is 10.4. The van der Waals surface area contributed by atoms with E-state index in [4.69, 9.17) is 17.0 Å². The van der Waals surface area contributed by atoms with Crippen molar-refractivity contribution < 1.29 is 9.66 Å². The van der Waals surface area contributed by atoms with E-state index in [9.17, 15) is 10.1 Å². The van der Waals surface area contributed by atoms with Gasteiger partial charge in [-0.3, -0.25) is 10.1 Å². The fourth-order valence-electron chi connectivity index (χ4n) is 2.17. The summed E-state index contributed by atoms with van der Waals surface area (Å²) in [5.74, 6) is 1.25. The van der Waals surface area contributed by atoms with Crippen LogP contribution < -0.4 is 4.74 Å². The van der Waals surface area contributed by atoms with Gasteiger partial charge in [0.1, 0.15) is 5.75 Å². The zero-order valence-electron chi connectivity index (χ0n) is 13.1. The molecule has 0 bridgehead atoms. The molecule has 0 spiro atoms. The number of benzene rings is 2. The second-order valence-corrected chi connectivity index (χ2v) is 5.38. The summed E-state index contributed by atoms with van der Waals surface area (Å²) >= 11 is 5.20. The molecular formula is C16H13N5O3S. The molecule has 8 nitrogen and oxygen atoms in total. The predicted molar refractivity (Wildman–Crippen MR) is 95.5 cm³/mol. The van der Waals surface area contributed by atoms with Crippen molar-refractivity contribution in [2.45, 2.75) is 0 Å². The molecule has 0 saturated carbocycles. The van der Waals surface area contributed by atoms with E-state index in [-0.39, 0.29) is 5.69 Å². The van der Waals surface area contributed by atoms with E-state index in [1.807, 2.05) is 24.3 Å². The Morgan fingerprint density at radius 2 is 2.08 bits per heavy atom. The SMILES string of the molecule is COc1ccc(-c2n[nH]c(=S)n2/N=C/c2cccc([N+](=O)[O-])c2)cc1. The lowest BCUT2D eigenvalue weighted by atomic mass is 10.2. The summed E-state index contributed by atoms with van der Waals surface area (Å²) in [6.07, 6.45) is 1.49. The molecule has 25 heavy (non-hydrogen) atoms. The Kier molecular flexibility index (Phi) is 4.66. The molecule has 2 aromatic carbocycles. The van der Waals surface area contributed by atoms with E-state index in [0.29, 0.717) is 16.2 Å². The van der Waals surface area contributed by atoms with Gasteiger partial charge in [0.25, 0.3) is 5.69 Å². The quantitative estimate of drug-likeness (QED) is 0.327. The number of nitrogens with zero attached hydrogens (tertiary/aromatic N) is 4. The first kappa shape index (κ1) is 16.5. The minimum absolute atomic E-state index is 0.00452. The lowest BCUT2D eigenvalue weighted by Gasteiger charge is -2.03. The molecule has 1 heterocycles. The fourth-order valence-corrected chi connectivity index (χ4v) is 2.35. The van der Waals surface area contributed by atoms with Crippen molar-refractivity contribution >= 4 is 24.1 Å². The molecule has 0 unspecified atom stereocenters. The van der Waals surface area contributed by atoms with Gasteiger partial charge in [0.05, 0.1) is 18.2 Å². The average molecular weight is 355 g/mol. The number of nitro groups is 1. The van der Waals surface area contributed by atoms with Gasteiger partial charge >= 0.3 is 0 Å². The second kappa shape index (κ2) is 7.05. The fraction of sp³-hybridized carbons (Fsp3) is 0.0625. The zero-order valence-corrected chi connectivity index (χ0v) is 13.9. The van der Waals surface area contributed by atoms with Gasteiger partial charge in [-0.15, -0.1) is 0 Å². The van der Waals surface area contributed by atoms with Crippen LogP contribution in [0.5, 0.6) is 5.75 Å². The Morgan fingerprint density at radius 1 is 1.32 bits per heavy atom. The van der Waals surface area contributed by atoms with Crippen molar-refractivity contribution in [1.82, 2.24) is 14.9 Å². The van der Waals surface area contributed by atoms with Crippen LogP contribution in [0.3, 0.4) is 0 Å². The molecule has 126 valence electrons. The third-order valence-corrected chi connectivity index (χ3v) is 3.67. The van der Waals surface area contributed by atoms with Crippen molar-refractivity contribution in [3.63, 3.8) is 0 Å². The molecule has 0 atom stereocenters. The summed E-state index contributed by atoms with van der Waals surface area (Å²) in [5, 5.41) is 22.0. The molecule has 0 radical (unpaired) electrons. The van der Waals surface area contributed by atoms with Crippen LogP contribution in [0, 0.1) is 14.9 Å². The Morgan fingerprint density at radius 3 is 2.76 bits per heavy atom. The van der Waals surface area contributed by atoms with Crippen molar-refractivity contribution in [3.8, 4) is 17.1 Å². The molecule has 3 rings (SSSR count). The summed E-state index contributed by atoms with van der Waals surface area (Å²) in [6, 6.07) is 13.4. The maximum absolute atomic E-state index is 10.8. The lowest BCUT2D eigenvalue weighted by molar-refractivity contribution is -0.384. The number of hydrogen-bond acceptors (Lipinski definition) is 6. The zero-order chi connectivity index (χ0) is 17.8. The molecular weight excluding hydrogens is 342 g/mol. The second-order valence-electron chi connectivity index (χ2n) is 4.99. The smallest absolute Gasteiger partial charge is 0.270 e. The molecule has 0 aliphatic rings. The van der Waals surface area contributed by atoms with E-state index in [1.165, 1.54) is 23.0 Å². The highest BCUT2D eigenvalue weighted by Gasteiger charge is 2.09. The van der Waals surface area contributed by atoms with Gasteiger partial charge in [-0.1, -0.05) is 12.1 Å². The largest absolute Gasteiger partial charge is 0.497 e. The monoisotopic (exact) mass is 355 g/mol. The van der Waals surface area contributed by atoms with Crippen LogP contribution in [0.25, 0.3) is 11.4 Å². The summed E-state index contributed by atoms with van der Waals surface area (Å²) in [7, 11) is 1.59. The summed E-state index contributed by atoms with van der Waals surface area (Å²) < 4.78 is 6.90. The molecule has 3 aromatic rings. The third kappa shape index (κ3) is 3.61. The number of rotatable bonds is 5. The number of nitrogens with one attached hydrogen (secondary N) is 1. The number of nitro benzene ring substituents is 1. The van der Waals surface area contributed by atoms with Crippen molar-refractivity contribution in [3.05, 3.63) is 69.0 Å². The highest BCUT2D eigenvalue weighted by atomic mass is 32.1. The molecule has 9 heteroatoms. The molecule has 0 aliphatic carbocycles. The first-order valence-electron chi connectivity index (χ1n) is 7.19. The van der Waals surface area contributed by atoms with Gasteiger partial charge in [-0.2, -0.15) is 14.9 Å². The summed E-state index contributed by atoms with van der Waals surface area (Å²) in [6.45, 7) is 0. The standard InChI is InChI=1S/C16H13N5O3S/c1-24-14-7-5-12(6-8-14)15-18-19-16(25)20(15)17-10-11-3-2-4-13(9-11)21(22)23/h2-10H,1H3,(H,19,25)/b17-10+. The minimum atomic E-state index is -0.455. The lowest BCUT2D eigenvalue weighted by Crippen LogP contribution is -1.96. The number of hydrogen-bond donors (Lipinski definition) is 1.